The first-order valence-electron chi connectivity index (χ1n) is 7.99. The van der Waals surface area contributed by atoms with E-state index in [-0.39, 0.29) is 5.56 Å². The molecule has 0 amide bonds. The number of aromatic amines is 1. The Kier molecular flexibility index (Phi) is 2.67. The molecule has 0 bridgehead atoms. The molecule has 2 fully saturated rings. The second-order valence-corrected chi connectivity index (χ2v) is 6.59. The van der Waals surface area contributed by atoms with Gasteiger partial charge in [0.2, 0.25) is 0 Å². The summed E-state index contributed by atoms with van der Waals surface area (Å²) in [7, 11) is 0. The molecule has 0 atom stereocenters. The van der Waals surface area contributed by atoms with E-state index >= 15 is 0 Å². The van der Waals surface area contributed by atoms with Crippen LogP contribution >= 0.6 is 0 Å². The second kappa shape index (κ2) is 4.76. The maximum Gasteiger partial charge on any atom is 0.298 e. The summed E-state index contributed by atoms with van der Waals surface area (Å²) in [5.74, 6) is 1.38. The minimum absolute atomic E-state index is 0.232. The fourth-order valence-electron chi connectivity index (χ4n) is 3.58. The van der Waals surface area contributed by atoms with Gasteiger partial charge in [-0.2, -0.15) is 4.68 Å². The third kappa shape index (κ3) is 1.90. The predicted octanol–water partition coefficient (Wildman–Crippen LogP) is 0.527. The van der Waals surface area contributed by atoms with Gasteiger partial charge in [0.25, 0.3) is 5.56 Å². The highest BCUT2D eigenvalue weighted by Gasteiger charge is 2.47. The first-order valence-corrected chi connectivity index (χ1v) is 7.99. The van der Waals surface area contributed by atoms with Gasteiger partial charge in [-0.15, -0.1) is 5.10 Å². The molecule has 0 unspecified atom stereocenters. The average molecular weight is 324 g/mol. The van der Waals surface area contributed by atoms with Gasteiger partial charge in [0, 0.05) is 24.6 Å². The van der Waals surface area contributed by atoms with Crippen LogP contribution in [-0.4, -0.2) is 47.8 Å². The fourth-order valence-corrected chi connectivity index (χ4v) is 3.58. The monoisotopic (exact) mass is 324 g/mol. The molecule has 3 aromatic rings. The van der Waals surface area contributed by atoms with Gasteiger partial charge in [-0.25, -0.2) is 14.6 Å². The maximum absolute atomic E-state index is 12.6. The van der Waals surface area contributed by atoms with Gasteiger partial charge in [0.15, 0.2) is 11.5 Å². The number of hydrogen-bond donors (Lipinski definition) is 1. The summed E-state index contributed by atoms with van der Waals surface area (Å²) in [5.41, 5.74) is 0.684. The Morgan fingerprint density at radius 2 is 2.00 bits per heavy atom. The van der Waals surface area contributed by atoms with E-state index in [1.807, 2.05) is 6.07 Å². The van der Waals surface area contributed by atoms with Crippen LogP contribution in [0.25, 0.3) is 11.5 Å². The third-order valence-corrected chi connectivity index (χ3v) is 5.08. The van der Waals surface area contributed by atoms with E-state index in [4.69, 9.17) is 0 Å². The number of nitrogens with one attached hydrogen (secondary N) is 1. The molecular formula is C15H16N8O. The zero-order valence-corrected chi connectivity index (χ0v) is 13.0. The van der Waals surface area contributed by atoms with Crippen molar-refractivity contribution in [1.82, 2.24) is 34.7 Å². The van der Waals surface area contributed by atoms with Gasteiger partial charge < -0.3 is 4.90 Å². The van der Waals surface area contributed by atoms with Crippen LogP contribution < -0.4 is 10.5 Å². The summed E-state index contributed by atoms with van der Waals surface area (Å²) in [6.45, 7) is 2.10. The molecule has 4 heterocycles. The minimum atomic E-state index is -0.232. The number of aromatic nitrogens is 7. The first kappa shape index (κ1) is 13.5. The summed E-state index contributed by atoms with van der Waals surface area (Å²) in [5, 5.41) is 10.5. The van der Waals surface area contributed by atoms with Crippen molar-refractivity contribution < 1.29 is 0 Å². The highest BCUT2D eigenvalue weighted by molar-refractivity contribution is 5.47. The van der Waals surface area contributed by atoms with E-state index in [1.165, 1.54) is 41.2 Å². The number of nitrogens with zero attached hydrogens (tertiary/aromatic N) is 7. The molecule has 1 spiro atoms. The van der Waals surface area contributed by atoms with Gasteiger partial charge in [0.1, 0.15) is 12.1 Å². The number of anilines is 1. The third-order valence-electron chi connectivity index (χ3n) is 5.08. The molecule has 5 rings (SSSR count). The highest BCUT2D eigenvalue weighted by Crippen LogP contribution is 2.49. The molecule has 122 valence electrons. The molecule has 1 saturated carbocycles. The molecule has 1 aliphatic heterocycles. The predicted molar refractivity (Wildman–Crippen MR) is 85.4 cm³/mol. The smallest absolute Gasteiger partial charge is 0.298 e. The lowest BCUT2D eigenvalue weighted by atomic mass is 9.63. The van der Waals surface area contributed by atoms with Crippen LogP contribution in [0.3, 0.4) is 0 Å². The summed E-state index contributed by atoms with van der Waals surface area (Å²) in [6, 6.07) is 1.84. The Balaban J connectivity index is 1.45. The van der Waals surface area contributed by atoms with E-state index in [9.17, 15) is 4.79 Å². The van der Waals surface area contributed by atoms with Crippen molar-refractivity contribution in [3.05, 3.63) is 41.3 Å². The van der Waals surface area contributed by atoms with E-state index in [0.717, 1.165) is 18.9 Å². The largest absolute Gasteiger partial charge is 0.355 e. The zero-order valence-electron chi connectivity index (χ0n) is 13.0. The van der Waals surface area contributed by atoms with E-state index in [0.29, 0.717) is 16.9 Å². The minimum Gasteiger partial charge on any atom is -0.355 e. The summed E-state index contributed by atoms with van der Waals surface area (Å²) in [4.78, 5) is 23.4. The molecule has 2 aliphatic rings. The van der Waals surface area contributed by atoms with Crippen molar-refractivity contribution in [2.45, 2.75) is 19.3 Å². The Morgan fingerprint density at radius 3 is 2.71 bits per heavy atom. The van der Waals surface area contributed by atoms with Crippen LogP contribution in [0, 0.1) is 5.41 Å². The Labute approximate surface area is 136 Å². The number of hydrogen-bond acceptors (Lipinski definition) is 6. The van der Waals surface area contributed by atoms with Crippen LogP contribution in [0.5, 0.6) is 0 Å². The molecular weight excluding hydrogens is 308 g/mol. The summed E-state index contributed by atoms with van der Waals surface area (Å²) < 4.78 is 2.81. The molecule has 1 aliphatic carbocycles. The first-order chi connectivity index (χ1) is 11.7. The van der Waals surface area contributed by atoms with Gasteiger partial charge in [0.05, 0.1) is 18.6 Å². The molecule has 0 aromatic carbocycles. The molecule has 1 N–H and O–H groups in total. The lowest BCUT2D eigenvalue weighted by molar-refractivity contribution is 0.0896. The normalized spacial score (nSPS) is 18.4. The van der Waals surface area contributed by atoms with Crippen LogP contribution in [0.15, 0.2) is 35.8 Å². The standard InChI is InChI=1S/C15H16N8O/c24-14-11(22-5-4-18-20-22)7-19-23(14)13-6-12(16-10-17-13)21-8-15(9-21)2-1-3-15/h4-7,10,19H,1-3,8-9H2. The quantitative estimate of drug-likeness (QED) is 0.754. The zero-order chi connectivity index (χ0) is 16.1. The Bertz CT molecular complexity index is 929. The topological polar surface area (TPSA) is 97.5 Å². The van der Waals surface area contributed by atoms with E-state index in [1.54, 1.807) is 12.4 Å². The molecule has 3 aromatic heterocycles. The van der Waals surface area contributed by atoms with Crippen molar-refractivity contribution >= 4 is 5.82 Å². The van der Waals surface area contributed by atoms with Gasteiger partial charge in [-0.3, -0.25) is 9.89 Å². The van der Waals surface area contributed by atoms with Gasteiger partial charge in [-0.1, -0.05) is 11.6 Å². The van der Waals surface area contributed by atoms with Crippen molar-refractivity contribution in [3.8, 4) is 11.5 Å². The van der Waals surface area contributed by atoms with Crippen LogP contribution in [0.4, 0.5) is 5.82 Å². The van der Waals surface area contributed by atoms with Gasteiger partial charge >= 0.3 is 0 Å². The second-order valence-electron chi connectivity index (χ2n) is 6.59. The lowest BCUT2D eigenvalue weighted by Gasteiger charge is -2.56. The van der Waals surface area contributed by atoms with Crippen molar-refractivity contribution in [3.63, 3.8) is 0 Å². The van der Waals surface area contributed by atoms with E-state index < -0.39 is 0 Å². The summed E-state index contributed by atoms with van der Waals surface area (Å²) in [6.07, 6.45) is 10.2. The van der Waals surface area contributed by atoms with Crippen molar-refractivity contribution in [2.24, 2.45) is 5.41 Å². The van der Waals surface area contributed by atoms with Gasteiger partial charge in [-0.05, 0) is 12.8 Å². The Morgan fingerprint density at radius 1 is 1.17 bits per heavy atom. The number of H-pyrrole nitrogens is 1. The molecule has 9 nitrogen and oxygen atoms in total. The van der Waals surface area contributed by atoms with Crippen LogP contribution in [-0.2, 0) is 0 Å². The van der Waals surface area contributed by atoms with Crippen LogP contribution in [0.2, 0.25) is 0 Å². The molecule has 24 heavy (non-hydrogen) atoms. The molecule has 9 heteroatoms. The summed E-state index contributed by atoms with van der Waals surface area (Å²) >= 11 is 0. The SMILES string of the molecule is O=c1c(-n2ccnn2)c[nH]n1-c1cc(N2CC3(CCC3)C2)ncn1. The van der Waals surface area contributed by atoms with Crippen LogP contribution in [0.1, 0.15) is 19.3 Å². The van der Waals surface area contributed by atoms with Crippen molar-refractivity contribution in [2.75, 3.05) is 18.0 Å². The lowest BCUT2D eigenvalue weighted by Crippen LogP contribution is -2.60. The number of rotatable bonds is 3. The average Bonchev–Trinajstić information content (AvgIpc) is 3.14. The fraction of sp³-hybridized carbons (Fsp3) is 0.400. The Hall–Kier alpha value is -2.97. The highest BCUT2D eigenvalue weighted by atomic mass is 16.1. The molecule has 0 radical (unpaired) electrons. The van der Waals surface area contributed by atoms with Crippen molar-refractivity contribution in [1.29, 1.82) is 0 Å². The molecule has 1 saturated heterocycles. The maximum atomic E-state index is 12.6. The van der Waals surface area contributed by atoms with E-state index in [2.05, 4.69) is 30.3 Å².